The van der Waals surface area contributed by atoms with Crippen LogP contribution in [-0.2, 0) is 11.3 Å². The van der Waals surface area contributed by atoms with Gasteiger partial charge in [-0.3, -0.25) is 4.79 Å². The van der Waals surface area contributed by atoms with Crippen LogP contribution < -0.4 is 10.2 Å². The highest BCUT2D eigenvalue weighted by atomic mass is 35.5. The molecule has 2 aromatic heterocycles. The van der Waals surface area contributed by atoms with Crippen LogP contribution >= 0.6 is 11.6 Å². The maximum absolute atomic E-state index is 13.8. The van der Waals surface area contributed by atoms with Crippen molar-refractivity contribution in [3.8, 4) is 22.8 Å². The third-order valence-corrected chi connectivity index (χ3v) is 6.37. The van der Waals surface area contributed by atoms with Gasteiger partial charge in [0.2, 0.25) is 11.7 Å². The highest BCUT2D eigenvalue weighted by molar-refractivity contribution is 6.30. The molecule has 0 aliphatic carbocycles. The first kappa shape index (κ1) is 23.0. The summed E-state index contributed by atoms with van der Waals surface area (Å²) < 4.78 is 19.4. The zero-order valence-corrected chi connectivity index (χ0v) is 19.6. The molecule has 4 aromatic rings. The number of nitrogens with one attached hydrogen (secondary N) is 1. The predicted molar refractivity (Wildman–Crippen MR) is 131 cm³/mol. The summed E-state index contributed by atoms with van der Waals surface area (Å²) in [6, 6.07) is 17.4. The Kier molecular flexibility index (Phi) is 6.72. The molecule has 0 saturated carbocycles. The minimum Gasteiger partial charge on any atom is -0.356 e. The number of nitrogens with zero attached hydrogens (tertiary/aromatic N) is 4. The molecule has 0 atom stereocenters. The number of hydrogen-bond acceptors (Lipinski definition) is 6. The summed E-state index contributed by atoms with van der Waals surface area (Å²) in [6.45, 7) is 1.49. The molecule has 5 rings (SSSR count). The van der Waals surface area contributed by atoms with Gasteiger partial charge in [-0.25, -0.2) is 9.37 Å². The average molecular weight is 492 g/mol. The lowest BCUT2D eigenvalue weighted by molar-refractivity contribution is -0.125. The number of piperidine rings is 1. The van der Waals surface area contributed by atoms with Gasteiger partial charge in [-0.05, 0) is 55.3 Å². The molecular weight excluding hydrogens is 469 g/mol. The van der Waals surface area contributed by atoms with Gasteiger partial charge in [-0.1, -0.05) is 35.0 Å². The number of hydrogen-bond donors (Lipinski definition) is 1. The number of benzene rings is 2. The van der Waals surface area contributed by atoms with Crippen LogP contribution in [0.1, 0.15) is 18.4 Å². The second-order valence-corrected chi connectivity index (χ2v) is 8.81. The lowest BCUT2D eigenvalue weighted by Crippen LogP contribution is -2.41. The molecular formula is C26H23ClFN5O2. The Morgan fingerprint density at radius 1 is 1.09 bits per heavy atom. The Hall–Kier alpha value is -3.78. The molecule has 1 aliphatic heterocycles. The molecule has 1 amide bonds. The maximum atomic E-state index is 13.8. The van der Waals surface area contributed by atoms with E-state index in [0.29, 0.717) is 48.2 Å². The van der Waals surface area contributed by atoms with Gasteiger partial charge in [0, 0.05) is 47.9 Å². The molecule has 1 N–H and O–H groups in total. The van der Waals surface area contributed by atoms with Crippen LogP contribution in [0.5, 0.6) is 0 Å². The van der Waals surface area contributed by atoms with Crippen LogP contribution in [0, 0.1) is 11.7 Å². The number of carbonyl (C=O) groups is 1. The van der Waals surface area contributed by atoms with Gasteiger partial charge in [0.05, 0.1) is 5.56 Å². The quantitative estimate of drug-likeness (QED) is 0.403. The van der Waals surface area contributed by atoms with E-state index in [-0.39, 0.29) is 24.2 Å². The molecule has 35 heavy (non-hydrogen) atoms. The van der Waals surface area contributed by atoms with Gasteiger partial charge in [0.1, 0.15) is 11.6 Å². The summed E-state index contributed by atoms with van der Waals surface area (Å²) >= 11 is 5.97. The first-order valence-corrected chi connectivity index (χ1v) is 11.8. The summed E-state index contributed by atoms with van der Waals surface area (Å²) in [4.78, 5) is 23.9. The van der Waals surface area contributed by atoms with E-state index >= 15 is 0 Å². The Balaban J connectivity index is 1.24. The van der Waals surface area contributed by atoms with Crippen LogP contribution in [0.4, 0.5) is 10.2 Å². The first-order valence-electron chi connectivity index (χ1n) is 11.4. The molecule has 3 heterocycles. The summed E-state index contributed by atoms with van der Waals surface area (Å²) in [5.41, 5.74) is 2.02. The minimum atomic E-state index is -0.314. The molecule has 2 aromatic carbocycles. The highest BCUT2D eigenvalue weighted by Crippen LogP contribution is 2.32. The van der Waals surface area contributed by atoms with E-state index in [1.165, 1.54) is 6.07 Å². The van der Waals surface area contributed by atoms with Gasteiger partial charge >= 0.3 is 0 Å². The maximum Gasteiger partial charge on any atom is 0.261 e. The van der Waals surface area contributed by atoms with Crippen LogP contribution in [-0.4, -0.2) is 34.1 Å². The number of pyridine rings is 1. The molecule has 0 spiro atoms. The zero-order valence-electron chi connectivity index (χ0n) is 18.8. The zero-order chi connectivity index (χ0) is 24.2. The molecule has 1 fully saturated rings. The molecule has 7 nitrogen and oxygen atoms in total. The van der Waals surface area contributed by atoms with Crippen molar-refractivity contribution >= 4 is 23.3 Å². The van der Waals surface area contributed by atoms with Gasteiger partial charge < -0.3 is 14.7 Å². The lowest BCUT2D eigenvalue weighted by atomic mass is 9.95. The average Bonchev–Trinajstić information content (AvgIpc) is 3.39. The summed E-state index contributed by atoms with van der Waals surface area (Å²) in [5.74, 6) is 1.08. The smallest absolute Gasteiger partial charge is 0.261 e. The van der Waals surface area contributed by atoms with Crippen LogP contribution in [0.3, 0.4) is 0 Å². The lowest BCUT2D eigenvalue weighted by Gasteiger charge is -2.32. The number of amides is 1. The van der Waals surface area contributed by atoms with Gasteiger partial charge in [-0.15, -0.1) is 0 Å². The van der Waals surface area contributed by atoms with Gasteiger partial charge in [0.25, 0.3) is 5.89 Å². The van der Waals surface area contributed by atoms with E-state index in [1.54, 1.807) is 36.5 Å². The van der Waals surface area contributed by atoms with Gasteiger partial charge in [0.15, 0.2) is 0 Å². The van der Waals surface area contributed by atoms with Crippen molar-refractivity contribution in [2.24, 2.45) is 5.92 Å². The summed E-state index contributed by atoms with van der Waals surface area (Å²) in [6.07, 6.45) is 3.06. The third-order valence-electron chi connectivity index (χ3n) is 6.12. The van der Waals surface area contributed by atoms with Crippen molar-refractivity contribution in [1.82, 2.24) is 20.4 Å². The fourth-order valence-electron chi connectivity index (χ4n) is 4.19. The molecule has 0 unspecified atom stereocenters. The van der Waals surface area contributed by atoms with Crippen molar-refractivity contribution in [2.45, 2.75) is 19.4 Å². The Morgan fingerprint density at radius 3 is 2.63 bits per heavy atom. The monoisotopic (exact) mass is 491 g/mol. The first-order chi connectivity index (χ1) is 17.1. The van der Waals surface area contributed by atoms with Crippen molar-refractivity contribution < 1.29 is 13.7 Å². The second kappa shape index (κ2) is 10.2. The van der Waals surface area contributed by atoms with E-state index in [9.17, 15) is 9.18 Å². The molecule has 1 aliphatic rings. The highest BCUT2D eigenvalue weighted by Gasteiger charge is 2.28. The van der Waals surface area contributed by atoms with Crippen LogP contribution in [0.2, 0.25) is 5.02 Å². The number of rotatable bonds is 6. The van der Waals surface area contributed by atoms with Crippen molar-refractivity contribution in [3.05, 3.63) is 83.3 Å². The van der Waals surface area contributed by atoms with E-state index in [2.05, 4.69) is 25.3 Å². The molecule has 1 saturated heterocycles. The standard InChI is InChI=1S/C26H23ClFN5O2/c27-20-9-7-17(8-10-20)23-31-26(35-32-23)21-5-3-13-29-24(21)33-14-11-18(12-15-33)25(34)30-16-19-4-1-2-6-22(19)28/h1-10,13,18H,11-12,14-16H2,(H,30,34). The summed E-state index contributed by atoms with van der Waals surface area (Å²) in [7, 11) is 0. The topological polar surface area (TPSA) is 84.2 Å². The Bertz CT molecular complexity index is 1320. The minimum absolute atomic E-state index is 0.0568. The van der Waals surface area contributed by atoms with E-state index in [4.69, 9.17) is 16.1 Å². The fourth-order valence-corrected chi connectivity index (χ4v) is 4.31. The number of carbonyl (C=O) groups excluding carboxylic acids is 1. The van der Waals surface area contributed by atoms with Crippen LogP contribution in [0.25, 0.3) is 22.8 Å². The Labute approximate surface area is 206 Å². The molecule has 9 heteroatoms. The largest absolute Gasteiger partial charge is 0.356 e. The Morgan fingerprint density at radius 2 is 1.86 bits per heavy atom. The van der Waals surface area contributed by atoms with E-state index < -0.39 is 0 Å². The second-order valence-electron chi connectivity index (χ2n) is 8.38. The summed E-state index contributed by atoms with van der Waals surface area (Å²) in [5, 5.41) is 7.61. The third kappa shape index (κ3) is 5.17. The fraction of sp³-hybridized carbons (Fsp3) is 0.231. The van der Waals surface area contributed by atoms with E-state index in [1.807, 2.05) is 24.3 Å². The van der Waals surface area contributed by atoms with Crippen molar-refractivity contribution in [3.63, 3.8) is 0 Å². The number of aromatic nitrogens is 3. The predicted octanol–water partition coefficient (Wildman–Crippen LogP) is 5.12. The van der Waals surface area contributed by atoms with Crippen molar-refractivity contribution in [2.75, 3.05) is 18.0 Å². The number of halogens is 2. The SMILES string of the molecule is O=C(NCc1ccccc1F)C1CCN(c2ncccc2-c2nc(-c3ccc(Cl)cc3)no2)CC1. The number of anilines is 1. The van der Waals surface area contributed by atoms with Crippen LogP contribution in [0.15, 0.2) is 71.4 Å². The van der Waals surface area contributed by atoms with Crippen molar-refractivity contribution in [1.29, 1.82) is 0 Å². The normalized spacial score (nSPS) is 14.2. The molecule has 0 bridgehead atoms. The molecule has 0 radical (unpaired) electrons. The van der Waals surface area contributed by atoms with Gasteiger partial charge in [-0.2, -0.15) is 4.98 Å². The molecule has 178 valence electrons. The van der Waals surface area contributed by atoms with E-state index in [0.717, 1.165) is 16.9 Å².